The number of rotatable bonds is 3. The van der Waals surface area contributed by atoms with E-state index < -0.39 is 40.8 Å². The van der Waals surface area contributed by atoms with Crippen LogP contribution in [-0.2, 0) is 9.59 Å². The highest BCUT2D eigenvalue weighted by molar-refractivity contribution is 6.34. The van der Waals surface area contributed by atoms with Crippen LogP contribution in [0.2, 0.25) is 0 Å². The van der Waals surface area contributed by atoms with Gasteiger partial charge in [0, 0.05) is 5.56 Å². The number of aliphatic hydroxyl groups is 1. The Hall–Kier alpha value is -3.62. The molecule has 0 radical (unpaired) electrons. The zero-order chi connectivity index (χ0) is 21.4. The van der Waals surface area contributed by atoms with Crippen LogP contribution in [0.25, 0.3) is 0 Å². The maximum Gasteiger partial charge on any atom is 0.425 e. The molecule has 29 heavy (non-hydrogen) atoms. The number of allylic oxidation sites excluding steroid dienone is 1. The number of aliphatic hydroxyl groups excluding tert-OH is 1. The second-order valence-corrected chi connectivity index (χ2v) is 6.31. The van der Waals surface area contributed by atoms with E-state index in [1.54, 1.807) is 17.4 Å². The number of alkyl halides is 3. The van der Waals surface area contributed by atoms with Crippen molar-refractivity contribution in [3.63, 3.8) is 0 Å². The summed E-state index contributed by atoms with van der Waals surface area (Å²) >= 11 is 0. The molecule has 1 aliphatic rings. The van der Waals surface area contributed by atoms with Gasteiger partial charge in [-0.1, -0.05) is 36.4 Å². The van der Waals surface area contributed by atoms with Gasteiger partial charge in [0.25, 0.3) is 23.3 Å². The second kappa shape index (κ2) is 7.08. The number of para-hydroxylation sites is 1. The van der Waals surface area contributed by atoms with Gasteiger partial charge in [-0.15, -0.1) is 0 Å². The van der Waals surface area contributed by atoms with E-state index in [1.807, 2.05) is 0 Å². The predicted molar refractivity (Wildman–Crippen MR) is 97.0 cm³/mol. The number of anilines is 1. The third kappa shape index (κ3) is 3.14. The van der Waals surface area contributed by atoms with Gasteiger partial charge in [-0.2, -0.15) is 13.2 Å². The number of hydrogen-bond donors (Lipinski definition) is 2. The Morgan fingerprint density at radius 2 is 1.52 bits per heavy atom. The van der Waals surface area contributed by atoms with Crippen molar-refractivity contribution in [2.75, 3.05) is 4.90 Å². The monoisotopic (exact) mass is 404 g/mol. The Morgan fingerprint density at radius 3 is 2.00 bits per heavy atom. The molecule has 1 atom stereocenters. The van der Waals surface area contributed by atoms with Gasteiger partial charge in [0.15, 0.2) is 0 Å². The molecule has 6 nitrogen and oxygen atoms in total. The van der Waals surface area contributed by atoms with Crippen LogP contribution in [-0.4, -0.2) is 34.5 Å². The lowest BCUT2D eigenvalue weighted by molar-refractivity contribution is -0.184. The third-order valence-electron chi connectivity index (χ3n) is 4.45. The van der Waals surface area contributed by atoms with E-state index in [9.17, 15) is 32.7 Å². The summed E-state index contributed by atoms with van der Waals surface area (Å²) in [5, 5.41) is 11.6. The van der Waals surface area contributed by atoms with Crippen molar-refractivity contribution in [3.05, 3.63) is 77.6 Å². The summed E-state index contributed by atoms with van der Waals surface area (Å²) in [6, 6.07) is 13.9. The van der Waals surface area contributed by atoms with Gasteiger partial charge in [0.05, 0.1) is 11.3 Å². The minimum Gasteiger partial charge on any atom is -0.512 e. The lowest BCUT2D eigenvalue weighted by Gasteiger charge is -2.31. The molecule has 0 saturated carbocycles. The summed E-state index contributed by atoms with van der Waals surface area (Å²) in [5.41, 5.74) is -5.25. The zero-order valence-corrected chi connectivity index (χ0v) is 15.0. The van der Waals surface area contributed by atoms with E-state index in [4.69, 9.17) is 0 Å². The van der Waals surface area contributed by atoms with Gasteiger partial charge in [-0.25, -0.2) is 4.90 Å². The highest BCUT2D eigenvalue weighted by atomic mass is 19.4. The van der Waals surface area contributed by atoms with E-state index >= 15 is 0 Å². The fourth-order valence-electron chi connectivity index (χ4n) is 3.16. The van der Waals surface area contributed by atoms with Gasteiger partial charge in [0.1, 0.15) is 5.76 Å². The molecule has 3 amide bonds. The Morgan fingerprint density at radius 1 is 1.00 bits per heavy atom. The van der Waals surface area contributed by atoms with Gasteiger partial charge in [-0.3, -0.25) is 14.4 Å². The van der Waals surface area contributed by atoms with E-state index in [0.717, 1.165) is 6.92 Å². The summed E-state index contributed by atoms with van der Waals surface area (Å²) in [5.74, 6) is -5.34. The van der Waals surface area contributed by atoms with Crippen LogP contribution in [0.5, 0.6) is 0 Å². The summed E-state index contributed by atoms with van der Waals surface area (Å²) in [7, 11) is 0. The van der Waals surface area contributed by atoms with E-state index in [-0.39, 0.29) is 11.3 Å². The molecule has 150 valence electrons. The molecule has 2 aromatic carbocycles. The number of nitrogens with one attached hydrogen (secondary N) is 1. The number of nitrogens with zero attached hydrogens (tertiary/aromatic N) is 1. The Bertz CT molecular complexity index is 999. The summed E-state index contributed by atoms with van der Waals surface area (Å²) in [4.78, 5) is 38.6. The fourth-order valence-corrected chi connectivity index (χ4v) is 3.16. The van der Waals surface area contributed by atoms with Crippen LogP contribution < -0.4 is 10.2 Å². The lowest BCUT2D eigenvalue weighted by Crippen LogP contribution is -2.64. The molecule has 2 aromatic rings. The number of carbonyl (C=O) groups excluding carboxylic acids is 3. The van der Waals surface area contributed by atoms with Crippen LogP contribution in [0.4, 0.5) is 18.9 Å². The van der Waals surface area contributed by atoms with E-state index in [0.29, 0.717) is 4.90 Å². The van der Waals surface area contributed by atoms with Crippen molar-refractivity contribution in [3.8, 4) is 0 Å². The molecule has 1 saturated heterocycles. The van der Waals surface area contributed by atoms with E-state index in [2.05, 4.69) is 0 Å². The third-order valence-corrected chi connectivity index (χ3v) is 4.45. The molecule has 0 aliphatic carbocycles. The first-order chi connectivity index (χ1) is 13.6. The first-order valence-electron chi connectivity index (χ1n) is 8.40. The SMILES string of the molecule is C/C(O)=C1/C(=O)N(c2ccccc2)C(=O)C1(NC(=O)c1ccccc1)C(F)(F)F. The summed E-state index contributed by atoms with van der Waals surface area (Å²) in [6.45, 7) is 0.851. The zero-order valence-electron chi connectivity index (χ0n) is 15.0. The molecular weight excluding hydrogens is 389 g/mol. The minimum atomic E-state index is -5.41. The Labute approximate surface area is 163 Å². The fraction of sp³-hybridized carbons (Fsp3) is 0.150. The lowest BCUT2D eigenvalue weighted by atomic mass is 9.89. The van der Waals surface area contributed by atoms with Gasteiger partial charge in [-0.05, 0) is 31.2 Å². The minimum absolute atomic E-state index is 0.124. The van der Waals surface area contributed by atoms with Crippen LogP contribution in [0, 0.1) is 0 Å². The number of amides is 3. The van der Waals surface area contributed by atoms with Gasteiger partial charge < -0.3 is 10.4 Å². The van der Waals surface area contributed by atoms with Crippen molar-refractivity contribution in [1.82, 2.24) is 5.32 Å². The van der Waals surface area contributed by atoms with Crippen molar-refractivity contribution < 1.29 is 32.7 Å². The van der Waals surface area contributed by atoms with Crippen LogP contribution in [0.1, 0.15) is 17.3 Å². The number of hydrogen-bond acceptors (Lipinski definition) is 4. The number of carbonyl (C=O) groups is 3. The average Bonchev–Trinajstić information content (AvgIpc) is 2.90. The van der Waals surface area contributed by atoms with Crippen molar-refractivity contribution in [2.24, 2.45) is 0 Å². The molecule has 2 N–H and O–H groups in total. The average molecular weight is 404 g/mol. The first-order valence-corrected chi connectivity index (χ1v) is 8.40. The van der Waals surface area contributed by atoms with Gasteiger partial charge in [0.2, 0.25) is 0 Å². The smallest absolute Gasteiger partial charge is 0.425 e. The summed E-state index contributed by atoms with van der Waals surface area (Å²) < 4.78 is 42.8. The summed E-state index contributed by atoms with van der Waals surface area (Å²) in [6.07, 6.45) is -5.41. The van der Waals surface area contributed by atoms with Crippen molar-refractivity contribution >= 4 is 23.4 Å². The number of imide groups is 1. The molecule has 1 fully saturated rings. The predicted octanol–water partition coefficient (Wildman–Crippen LogP) is 3.12. The van der Waals surface area contributed by atoms with E-state index in [1.165, 1.54) is 48.5 Å². The molecule has 1 aliphatic heterocycles. The Kier molecular flexibility index (Phi) is 4.91. The topological polar surface area (TPSA) is 86.7 Å². The molecular formula is C20H15F3N2O4. The highest BCUT2D eigenvalue weighted by Crippen LogP contribution is 2.45. The van der Waals surface area contributed by atoms with Crippen LogP contribution in [0.3, 0.4) is 0 Å². The highest BCUT2D eigenvalue weighted by Gasteiger charge is 2.72. The quantitative estimate of drug-likeness (QED) is 0.468. The molecule has 0 bridgehead atoms. The molecule has 1 heterocycles. The van der Waals surface area contributed by atoms with Crippen molar-refractivity contribution in [1.29, 1.82) is 0 Å². The molecule has 9 heteroatoms. The standard InChI is InChI=1S/C20H15F3N2O4/c1-12(26)15-17(28)25(14-10-6-3-7-11-14)18(29)19(15,20(21,22)23)24-16(27)13-8-4-2-5-9-13/h2-11,26H,1H3,(H,24,27)/b15-12+. The van der Waals surface area contributed by atoms with Gasteiger partial charge >= 0.3 is 6.18 Å². The molecule has 0 spiro atoms. The maximum atomic E-state index is 14.3. The largest absolute Gasteiger partial charge is 0.512 e. The number of halogens is 3. The molecule has 1 unspecified atom stereocenters. The van der Waals surface area contributed by atoms with Crippen LogP contribution in [0.15, 0.2) is 72.0 Å². The normalized spacial score (nSPS) is 21.3. The maximum absolute atomic E-state index is 14.3. The first kappa shape index (κ1) is 20.1. The second-order valence-electron chi connectivity index (χ2n) is 6.31. The van der Waals surface area contributed by atoms with Crippen LogP contribution >= 0.6 is 0 Å². The molecule has 0 aromatic heterocycles. The van der Waals surface area contributed by atoms with Crippen molar-refractivity contribution in [2.45, 2.75) is 18.6 Å². The Balaban J connectivity index is 2.21. The molecule has 3 rings (SSSR count). The number of benzene rings is 2.